The molecular formula is C19H24N2O5. The van der Waals surface area contributed by atoms with Crippen LogP contribution in [0.5, 0.6) is 0 Å². The van der Waals surface area contributed by atoms with Gasteiger partial charge in [0.25, 0.3) is 11.8 Å². The fourth-order valence-electron chi connectivity index (χ4n) is 2.93. The van der Waals surface area contributed by atoms with E-state index in [4.69, 9.17) is 4.74 Å². The Morgan fingerprint density at radius 3 is 2.19 bits per heavy atom. The van der Waals surface area contributed by atoms with Crippen molar-refractivity contribution >= 4 is 23.7 Å². The van der Waals surface area contributed by atoms with Gasteiger partial charge in [0, 0.05) is 13.0 Å². The molecule has 0 aliphatic carbocycles. The Kier molecular flexibility index (Phi) is 6.49. The molecule has 0 fully saturated rings. The summed E-state index contributed by atoms with van der Waals surface area (Å²) < 4.78 is 4.71. The van der Waals surface area contributed by atoms with Crippen LogP contribution in [0.25, 0.3) is 0 Å². The number of fused-ring (bicyclic) bond motifs is 1. The average Bonchev–Trinajstić information content (AvgIpc) is 2.85. The van der Waals surface area contributed by atoms with Crippen molar-refractivity contribution in [2.24, 2.45) is 5.92 Å². The van der Waals surface area contributed by atoms with Gasteiger partial charge in [0.1, 0.15) is 6.04 Å². The third-order valence-electron chi connectivity index (χ3n) is 4.19. The molecule has 0 saturated carbocycles. The number of hydrogen-bond acceptors (Lipinski definition) is 5. The maximum atomic E-state index is 12.3. The number of nitrogens with one attached hydrogen (secondary N) is 1. The number of ether oxygens (including phenoxy) is 1. The van der Waals surface area contributed by atoms with Gasteiger partial charge in [-0.3, -0.25) is 19.3 Å². The molecule has 1 aromatic carbocycles. The molecule has 1 heterocycles. The number of hydrogen-bond donors (Lipinski definition) is 1. The summed E-state index contributed by atoms with van der Waals surface area (Å²) in [5.74, 6) is -1.24. The normalized spacial score (nSPS) is 14.4. The summed E-state index contributed by atoms with van der Waals surface area (Å²) in [5, 5.41) is 2.66. The number of carbonyl (C=O) groups is 4. The van der Waals surface area contributed by atoms with Gasteiger partial charge in [-0.2, -0.15) is 0 Å². The van der Waals surface area contributed by atoms with Gasteiger partial charge in [0.2, 0.25) is 5.91 Å². The van der Waals surface area contributed by atoms with Crippen LogP contribution in [0.15, 0.2) is 24.3 Å². The second-order valence-electron chi connectivity index (χ2n) is 6.68. The summed E-state index contributed by atoms with van der Waals surface area (Å²) in [6.07, 6.45) is 0.919. The summed E-state index contributed by atoms with van der Waals surface area (Å²) in [6, 6.07) is 5.97. The van der Waals surface area contributed by atoms with Crippen LogP contribution in [0.1, 0.15) is 53.8 Å². The van der Waals surface area contributed by atoms with Crippen LogP contribution < -0.4 is 5.32 Å². The summed E-state index contributed by atoms with van der Waals surface area (Å²) in [5.41, 5.74) is 0.786. The maximum absolute atomic E-state index is 12.3. The zero-order valence-electron chi connectivity index (χ0n) is 15.3. The number of nitrogens with zero attached hydrogens (tertiary/aromatic N) is 1. The highest BCUT2D eigenvalue weighted by molar-refractivity contribution is 6.21. The van der Waals surface area contributed by atoms with Gasteiger partial charge in [-0.15, -0.1) is 0 Å². The molecule has 1 aliphatic heterocycles. The summed E-state index contributed by atoms with van der Waals surface area (Å²) in [4.78, 5) is 49.5. The van der Waals surface area contributed by atoms with Crippen LogP contribution in [-0.4, -0.2) is 48.3 Å². The highest BCUT2D eigenvalue weighted by atomic mass is 16.5. The van der Waals surface area contributed by atoms with Crippen LogP contribution in [0.3, 0.4) is 0 Å². The van der Waals surface area contributed by atoms with Crippen molar-refractivity contribution in [1.82, 2.24) is 10.2 Å². The first-order chi connectivity index (χ1) is 12.3. The molecule has 26 heavy (non-hydrogen) atoms. The van der Waals surface area contributed by atoms with E-state index in [0.717, 1.165) is 4.90 Å². The highest BCUT2D eigenvalue weighted by Crippen LogP contribution is 2.22. The third kappa shape index (κ3) is 4.47. The summed E-state index contributed by atoms with van der Waals surface area (Å²) in [6.45, 7) is 4.06. The van der Waals surface area contributed by atoms with Gasteiger partial charge in [-0.25, -0.2) is 4.79 Å². The largest absolute Gasteiger partial charge is 0.467 e. The predicted molar refractivity (Wildman–Crippen MR) is 94.4 cm³/mol. The minimum absolute atomic E-state index is 0.110. The van der Waals surface area contributed by atoms with Crippen LogP contribution in [-0.2, 0) is 14.3 Å². The van der Waals surface area contributed by atoms with E-state index < -0.39 is 12.0 Å². The standard InChI is InChI=1S/C19H24N2O5/c1-12(2)11-15(19(25)26-3)20-16(22)9-6-10-21-17(23)13-7-4-5-8-14(13)18(21)24/h4-5,7-8,12,15H,6,9-11H2,1-3H3,(H,20,22). The molecule has 0 bridgehead atoms. The maximum Gasteiger partial charge on any atom is 0.328 e. The van der Waals surface area contributed by atoms with E-state index >= 15 is 0 Å². The molecule has 1 N–H and O–H groups in total. The second-order valence-corrected chi connectivity index (χ2v) is 6.68. The van der Waals surface area contributed by atoms with Gasteiger partial charge in [-0.05, 0) is 30.9 Å². The molecule has 1 aromatic rings. The molecule has 0 spiro atoms. The molecule has 7 nitrogen and oxygen atoms in total. The van der Waals surface area contributed by atoms with Crippen molar-refractivity contribution in [2.45, 2.75) is 39.2 Å². The van der Waals surface area contributed by atoms with Crippen molar-refractivity contribution in [2.75, 3.05) is 13.7 Å². The zero-order chi connectivity index (χ0) is 19.3. The Morgan fingerprint density at radius 2 is 1.69 bits per heavy atom. The topological polar surface area (TPSA) is 92.8 Å². The fourth-order valence-corrected chi connectivity index (χ4v) is 2.93. The number of benzene rings is 1. The molecule has 0 saturated heterocycles. The quantitative estimate of drug-likeness (QED) is 0.563. The predicted octanol–water partition coefficient (Wildman–Crippen LogP) is 1.77. The monoisotopic (exact) mass is 360 g/mol. The lowest BCUT2D eigenvalue weighted by molar-refractivity contribution is -0.145. The number of esters is 1. The molecule has 7 heteroatoms. The SMILES string of the molecule is COC(=O)C(CC(C)C)NC(=O)CCCN1C(=O)c2ccccc2C1=O. The minimum Gasteiger partial charge on any atom is -0.467 e. The Bertz CT molecular complexity index is 679. The van der Waals surface area contributed by atoms with E-state index in [1.807, 2.05) is 13.8 Å². The van der Waals surface area contributed by atoms with Crippen molar-refractivity contribution in [3.8, 4) is 0 Å². The summed E-state index contributed by atoms with van der Waals surface area (Å²) in [7, 11) is 1.28. The Labute approximate surface area is 152 Å². The average molecular weight is 360 g/mol. The lowest BCUT2D eigenvalue weighted by Gasteiger charge is -2.19. The molecule has 2 rings (SSSR count). The molecule has 1 atom stereocenters. The van der Waals surface area contributed by atoms with Crippen LogP contribution in [0.2, 0.25) is 0 Å². The van der Waals surface area contributed by atoms with Gasteiger partial charge in [-0.1, -0.05) is 26.0 Å². The van der Waals surface area contributed by atoms with E-state index in [1.165, 1.54) is 7.11 Å². The van der Waals surface area contributed by atoms with Crippen LogP contribution in [0, 0.1) is 5.92 Å². The van der Waals surface area contributed by atoms with Gasteiger partial charge in [0.15, 0.2) is 0 Å². The molecule has 0 aromatic heterocycles. The number of amides is 3. The molecular weight excluding hydrogens is 336 g/mol. The smallest absolute Gasteiger partial charge is 0.328 e. The van der Waals surface area contributed by atoms with E-state index in [2.05, 4.69) is 5.32 Å². The Morgan fingerprint density at radius 1 is 1.12 bits per heavy atom. The minimum atomic E-state index is -0.688. The van der Waals surface area contributed by atoms with E-state index in [0.29, 0.717) is 24.0 Å². The molecule has 140 valence electrons. The van der Waals surface area contributed by atoms with Gasteiger partial charge >= 0.3 is 5.97 Å². The Balaban J connectivity index is 1.86. The van der Waals surface area contributed by atoms with Crippen molar-refractivity contribution < 1.29 is 23.9 Å². The van der Waals surface area contributed by atoms with Crippen LogP contribution >= 0.6 is 0 Å². The molecule has 1 unspecified atom stereocenters. The second kappa shape index (κ2) is 8.60. The van der Waals surface area contributed by atoms with Gasteiger partial charge < -0.3 is 10.1 Å². The lowest BCUT2D eigenvalue weighted by atomic mass is 10.0. The first kappa shape index (κ1) is 19.6. The van der Waals surface area contributed by atoms with E-state index in [9.17, 15) is 19.2 Å². The first-order valence-corrected chi connectivity index (χ1v) is 8.67. The zero-order valence-corrected chi connectivity index (χ0v) is 15.3. The number of carbonyl (C=O) groups excluding carboxylic acids is 4. The van der Waals surface area contributed by atoms with E-state index in [1.54, 1.807) is 24.3 Å². The first-order valence-electron chi connectivity index (χ1n) is 8.67. The molecule has 3 amide bonds. The summed E-state index contributed by atoms with van der Waals surface area (Å²) >= 11 is 0. The third-order valence-corrected chi connectivity index (χ3v) is 4.19. The number of methoxy groups -OCH3 is 1. The lowest BCUT2D eigenvalue weighted by Crippen LogP contribution is -2.42. The molecule has 0 radical (unpaired) electrons. The van der Waals surface area contributed by atoms with E-state index in [-0.39, 0.29) is 36.6 Å². The molecule has 1 aliphatic rings. The Hall–Kier alpha value is -2.70. The number of rotatable bonds is 8. The van der Waals surface area contributed by atoms with Gasteiger partial charge in [0.05, 0.1) is 18.2 Å². The number of imide groups is 1. The fraction of sp³-hybridized carbons (Fsp3) is 0.474. The highest BCUT2D eigenvalue weighted by Gasteiger charge is 2.34. The van der Waals surface area contributed by atoms with Crippen molar-refractivity contribution in [3.63, 3.8) is 0 Å². The van der Waals surface area contributed by atoms with Crippen molar-refractivity contribution in [3.05, 3.63) is 35.4 Å². The van der Waals surface area contributed by atoms with Crippen molar-refractivity contribution in [1.29, 1.82) is 0 Å². The van der Waals surface area contributed by atoms with Crippen LogP contribution in [0.4, 0.5) is 0 Å².